The number of furan rings is 1. The van der Waals surface area contributed by atoms with Crippen molar-refractivity contribution >= 4 is 22.9 Å². The molecule has 2 heterocycles. The van der Waals surface area contributed by atoms with E-state index in [1.807, 2.05) is 39.8 Å². The Hall–Kier alpha value is -1.43. The molecule has 1 fully saturated rings. The second kappa shape index (κ2) is 6.13. The lowest BCUT2D eigenvalue weighted by Crippen LogP contribution is -2.46. The maximum Gasteiger partial charge on any atom is 0.279 e. The number of rotatable bonds is 4. The van der Waals surface area contributed by atoms with Crippen LogP contribution in [0.5, 0.6) is 0 Å². The van der Waals surface area contributed by atoms with E-state index in [1.54, 1.807) is 0 Å². The molecule has 1 aliphatic rings. The van der Waals surface area contributed by atoms with Gasteiger partial charge in [0.25, 0.3) is 5.24 Å². The molecule has 0 unspecified atom stereocenters. The molecule has 1 saturated heterocycles. The fourth-order valence-electron chi connectivity index (χ4n) is 2.22. The molecule has 6 heteroatoms. The van der Waals surface area contributed by atoms with Crippen molar-refractivity contribution < 1.29 is 14.0 Å². The number of carbonyl (C=O) groups excluding carboxylic acids is 2. The molecule has 0 saturated carbocycles. The van der Waals surface area contributed by atoms with E-state index >= 15 is 0 Å². The Morgan fingerprint density at radius 3 is 2.71 bits per heavy atom. The SMILES string of the molecule is CCc1ccc([C@@H](NC(=O)[C@@H]2CSC(=O)N2)C(C)(C)C)o1. The van der Waals surface area contributed by atoms with E-state index in [0.717, 1.165) is 29.7 Å². The highest BCUT2D eigenvalue weighted by molar-refractivity contribution is 8.14. The standard InChI is InChI=1S/C15H22N2O3S/c1-5-9-6-7-11(20-9)12(15(2,3)4)17-13(18)10-8-21-14(19)16-10/h6-7,10,12H,5,8H2,1-4H3,(H,16,19)(H,17,18)/t10-,12+/m0/s1. The van der Waals surface area contributed by atoms with Crippen molar-refractivity contribution in [2.24, 2.45) is 5.41 Å². The number of thioether (sulfide) groups is 1. The van der Waals surface area contributed by atoms with Crippen LogP contribution in [0.3, 0.4) is 0 Å². The molecule has 0 aliphatic carbocycles. The van der Waals surface area contributed by atoms with E-state index in [1.165, 1.54) is 0 Å². The number of amides is 2. The average molecular weight is 310 g/mol. The predicted octanol–water partition coefficient (Wildman–Crippen LogP) is 2.87. The molecule has 0 radical (unpaired) electrons. The molecule has 1 aliphatic heterocycles. The van der Waals surface area contributed by atoms with E-state index < -0.39 is 6.04 Å². The minimum absolute atomic E-state index is 0.145. The monoisotopic (exact) mass is 310 g/mol. The predicted molar refractivity (Wildman–Crippen MR) is 83.2 cm³/mol. The molecule has 21 heavy (non-hydrogen) atoms. The molecule has 2 amide bonds. The molecular weight excluding hydrogens is 288 g/mol. The van der Waals surface area contributed by atoms with Crippen LogP contribution in [0.2, 0.25) is 0 Å². The highest BCUT2D eigenvalue weighted by Crippen LogP contribution is 2.34. The maximum absolute atomic E-state index is 12.3. The van der Waals surface area contributed by atoms with E-state index in [-0.39, 0.29) is 22.6 Å². The summed E-state index contributed by atoms with van der Waals surface area (Å²) >= 11 is 1.14. The van der Waals surface area contributed by atoms with Gasteiger partial charge in [-0.25, -0.2) is 0 Å². The first-order chi connectivity index (χ1) is 9.81. The molecule has 1 aromatic heterocycles. The minimum Gasteiger partial charge on any atom is -0.464 e. The van der Waals surface area contributed by atoms with Gasteiger partial charge in [0.05, 0.1) is 6.04 Å². The zero-order chi connectivity index (χ0) is 15.6. The average Bonchev–Trinajstić information content (AvgIpc) is 3.02. The van der Waals surface area contributed by atoms with Gasteiger partial charge in [-0.05, 0) is 17.5 Å². The van der Waals surface area contributed by atoms with Gasteiger partial charge in [0.15, 0.2) is 0 Å². The number of nitrogens with one attached hydrogen (secondary N) is 2. The normalized spacial score (nSPS) is 20.2. The van der Waals surface area contributed by atoms with E-state index in [4.69, 9.17) is 4.42 Å². The summed E-state index contributed by atoms with van der Waals surface area (Å²) in [6.07, 6.45) is 0.820. The molecule has 5 nitrogen and oxygen atoms in total. The van der Waals surface area contributed by atoms with Gasteiger partial charge in [-0.3, -0.25) is 9.59 Å². The first-order valence-corrected chi connectivity index (χ1v) is 8.12. The summed E-state index contributed by atoms with van der Waals surface area (Å²) in [6, 6.07) is 3.16. The van der Waals surface area contributed by atoms with Gasteiger partial charge in [-0.2, -0.15) is 0 Å². The van der Waals surface area contributed by atoms with Crippen LogP contribution in [0.25, 0.3) is 0 Å². The topological polar surface area (TPSA) is 71.3 Å². The van der Waals surface area contributed by atoms with Crippen molar-refractivity contribution in [1.29, 1.82) is 0 Å². The molecule has 1 aromatic rings. The zero-order valence-electron chi connectivity index (χ0n) is 12.9. The van der Waals surface area contributed by atoms with Crippen molar-refractivity contribution in [3.05, 3.63) is 23.7 Å². The Balaban J connectivity index is 2.13. The van der Waals surface area contributed by atoms with Gasteiger partial charge in [0.2, 0.25) is 5.91 Å². The minimum atomic E-state index is -0.465. The highest BCUT2D eigenvalue weighted by Gasteiger charge is 2.35. The van der Waals surface area contributed by atoms with Gasteiger partial charge in [0, 0.05) is 12.2 Å². The summed E-state index contributed by atoms with van der Waals surface area (Å²) in [6.45, 7) is 8.18. The van der Waals surface area contributed by atoms with E-state index in [9.17, 15) is 9.59 Å². The number of hydrogen-bond donors (Lipinski definition) is 2. The Labute approximate surface area is 129 Å². The van der Waals surface area contributed by atoms with Crippen molar-refractivity contribution in [1.82, 2.24) is 10.6 Å². The molecule has 2 N–H and O–H groups in total. The summed E-state index contributed by atoms with van der Waals surface area (Å²) in [7, 11) is 0. The quantitative estimate of drug-likeness (QED) is 0.897. The first-order valence-electron chi connectivity index (χ1n) is 7.13. The van der Waals surface area contributed by atoms with Crippen molar-refractivity contribution in [3.8, 4) is 0 Å². The third-order valence-electron chi connectivity index (χ3n) is 3.46. The van der Waals surface area contributed by atoms with Crippen molar-refractivity contribution in [3.63, 3.8) is 0 Å². The molecule has 0 bridgehead atoms. The molecule has 2 atom stereocenters. The molecular formula is C15H22N2O3S. The summed E-state index contributed by atoms with van der Waals surface area (Å²) in [5.74, 6) is 1.96. The molecule has 2 rings (SSSR count). The summed E-state index contributed by atoms with van der Waals surface area (Å²) in [5.41, 5.74) is -0.186. The third kappa shape index (κ3) is 3.81. The Morgan fingerprint density at radius 2 is 2.24 bits per heavy atom. The fraction of sp³-hybridized carbons (Fsp3) is 0.600. The van der Waals surface area contributed by atoms with Crippen LogP contribution in [-0.2, 0) is 11.2 Å². The van der Waals surface area contributed by atoms with Gasteiger partial charge in [-0.15, -0.1) is 0 Å². The first kappa shape index (κ1) is 15.9. The third-order valence-corrected chi connectivity index (χ3v) is 4.34. The lowest BCUT2D eigenvalue weighted by molar-refractivity contribution is -0.124. The largest absolute Gasteiger partial charge is 0.464 e. The smallest absolute Gasteiger partial charge is 0.279 e. The van der Waals surface area contributed by atoms with Gasteiger partial charge in [-0.1, -0.05) is 39.5 Å². The second-order valence-electron chi connectivity index (χ2n) is 6.26. The van der Waals surface area contributed by atoms with Crippen LogP contribution in [0, 0.1) is 5.41 Å². The summed E-state index contributed by atoms with van der Waals surface area (Å²) in [5, 5.41) is 5.53. The van der Waals surface area contributed by atoms with Crippen LogP contribution >= 0.6 is 11.8 Å². The molecule has 116 valence electrons. The van der Waals surface area contributed by atoms with Crippen LogP contribution in [0.1, 0.15) is 45.3 Å². The number of hydrogen-bond acceptors (Lipinski definition) is 4. The summed E-state index contributed by atoms with van der Waals surface area (Å²) < 4.78 is 5.80. The van der Waals surface area contributed by atoms with Gasteiger partial charge < -0.3 is 15.1 Å². The second-order valence-corrected chi connectivity index (χ2v) is 7.25. The number of aryl methyl sites for hydroxylation is 1. The van der Waals surface area contributed by atoms with Crippen molar-refractivity contribution in [2.75, 3.05) is 5.75 Å². The fourth-order valence-corrected chi connectivity index (χ4v) is 3.00. The van der Waals surface area contributed by atoms with Crippen LogP contribution in [0.4, 0.5) is 4.79 Å². The Bertz CT molecular complexity index is 533. The highest BCUT2D eigenvalue weighted by atomic mass is 32.2. The lowest BCUT2D eigenvalue weighted by Gasteiger charge is -2.30. The van der Waals surface area contributed by atoms with E-state index in [0.29, 0.717) is 5.75 Å². The Kier molecular flexibility index (Phi) is 4.66. The Morgan fingerprint density at radius 1 is 1.52 bits per heavy atom. The van der Waals surface area contributed by atoms with Gasteiger partial charge in [0.1, 0.15) is 17.6 Å². The molecule has 0 spiro atoms. The van der Waals surface area contributed by atoms with E-state index in [2.05, 4.69) is 10.6 Å². The zero-order valence-corrected chi connectivity index (χ0v) is 13.7. The molecule has 0 aromatic carbocycles. The van der Waals surface area contributed by atoms with Crippen LogP contribution in [-0.4, -0.2) is 22.9 Å². The van der Waals surface area contributed by atoms with Crippen molar-refractivity contribution in [2.45, 2.75) is 46.2 Å². The summed E-state index contributed by atoms with van der Waals surface area (Å²) in [4.78, 5) is 23.5. The van der Waals surface area contributed by atoms with Crippen LogP contribution < -0.4 is 10.6 Å². The van der Waals surface area contributed by atoms with Crippen LogP contribution in [0.15, 0.2) is 16.5 Å². The lowest BCUT2D eigenvalue weighted by atomic mass is 9.85. The van der Waals surface area contributed by atoms with Gasteiger partial charge >= 0.3 is 0 Å². The maximum atomic E-state index is 12.3. The number of carbonyl (C=O) groups is 2.